The van der Waals surface area contributed by atoms with Gasteiger partial charge >= 0.3 is 5.69 Å². The first-order valence-electron chi connectivity index (χ1n) is 9.23. The molecule has 0 spiro atoms. The average molecular weight is 377 g/mol. The fraction of sp³-hybridized carbons (Fsp3) is 0.238. The number of benzene rings is 2. The zero-order chi connectivity index (χ0) is 20.1. The summed E-state index contributed by atoms with van der Waals surface area (Å²) < 4.78 is 0. The van der Waals surface area contributed by atoms with Gasteiger partial charge < -0.3 is 10.2 Å². The number of aromatic nitrogens is 2. The van der Waals surface area contributed by atoms with Crippen molar-refractivity contribution in [2.75, 3.05) is 16.8 Å². The van der Waals surface area contributed by atoms with E-state index in [0.717, 1.165) is 28.9 Å². The molecular formula is C21H23N5O2. The molecule has 3 aromatic rings. The van der Waals surface area contributed by atoms with Crippen molar-refractivity contribution in [3.05, 3.63) is 76.1 Å². The molecule has 0 fully saturated rings. The summed E-state index contributed by atoms with van der Waals surface area (Å²) >= 11 is 0. The van der Waals surface area contributed by atoms with E-state index in [2.05, 4.69) is 15.3 Å². The lowest BCUT2D eigenvalue weighted by Crippen LogP contribution is -2.20. The molecule has 0 atom stereocenters. The molecule has 1 aromatic heterocycles. The largest absolute Gasteiger partial charge is 0.354 e. The van der Waals surface area contributed by atoms with Gasteiger partial charge in [-0.1, -0.05) is 37.3 Å². The molecule has 0 unspecified atom stereocenters. The number of nitrogens with zero attached hydrogens (tertiary/aromatic N) is 4. The predicted octanol–water partition coefficient (Wildman–Crippen LogP) is 5.16. The summed E-state index contributed by atoms with van der Waals surface area (Å²) in [5.74, 6) is 0.451. The summed E-state index contributed by atoms with van der Waals surface area (Å²) in [7, 11) is 0. The molecule has 0 bridgehead atoms. The number of para-hydroxylation sites is 1. The van der Waals surface area contributed by atoms with Gasteiger partial charge in [-0.05, 0) is 49.6 Å². The first-order chi connectivity index (χ1) is 13.5. The van der Waals surface area contributed by atoms with Crippen molar-refractivity contribution >= 4 is 28.7 Å². The molecule has 0 saturated carbocycles. The highest BCUT2D eigenvalue weighted by Gasteiger charge is 2.27. The Bertz CT molecular complexity index is 990. The van der Waals surface area contributed by atoms with Gasteiger partial charge in [0, 0.05) is 17.9 Å². The molecule has 0 radical (unpaired) electrons. The summed E-state index contributed by atoms with van der Waals surface area (Å²) in [6, 6.07) is 15.5. The quantitative estimate of drug-likeness (QED) is 0.452. The molecule has 0 aliphatic carbocycles. The van der Waals surface area contributed by atoms with Crippen molar-refractivity contribution in [2.45, 2.75) is 27.2 Å². The minimum atomic E-state index is -0.426. The third-order valence-electron chi connectivity index (χ3n) is 4.52. The van der Waals surface area contributed by atoms with Crippen LogP contribution in [0.5, 0.6) is 0 Å². The van der Waals surface area contributed by atoms with Gasteiger partial charge in [0.2, 0.25) is 11.6 Å². The third-order valence-corrected chi connectivity index (χ3v) is 4.52. The summed E-state index contributed by atoms with van der Waals surface area (Å²) in [6.45, 7) is 6.50. The average Bonchev–Trinajstić information content (AvgIpc) is 2.69. The number of rotatable bonds is 7. The monoisotopic (exact) mass is 377 g/mol. The fourth-order valence-electron chi connectivity index (χ4n) is 3.16. The van der Waals surface area contributed by atoms with Crippen LogP contribution in [-0.2, 0) is 6.42 Å². The van der Waals surface area contributed by atoms with Gasteiger partial charge in [-0.15, -0.1) is 0 Å². The van der Waals surface area contributed by atoms with Gasteiger partial charge in [0.15, 0.2) is 0 Å². The second kappa shape index (κ2) is 8.47. The number of hydrogen-bond donors (Lipinski definition) is 1. The summed E-state index contributed by atoms with van der Waals surface area (Å²) in [4.78, 5) is 21.8. The van der Waals surface area contributed by atoms with Crippen LogP contribution in [0.3, 0.4) is 0 Å². The zero-order valence-electron chi connectivity index (χ0n) is 16.2. The van der Waals surface area contributed by atoms with E-state index in [4.69, 9.17) is 0 Å². The van der Waals surface area contributed by atoms with Crippen LogP contribution in [0.25, 0.3) is 0 Å². The van der Waals surface area contributed by atoms with Gasteiger partial charge in [-0.25, -0.2) is 9.97 Å². The van der Waals surface area contributed by atoms with Gasteiger partial charge in [0.25, 0.3) is 0 Å². The maximum atomic E-state index is 12.0. The highest BCUT2D eigenvalue weighted by Crippen LogP contribution is 2.37. The van der Waals surface area contributed by atoms with Crippen LogP contribution in [0, 0.1) is 17.0 Å². The molecule has 7 nitrogen and oxygen atoms in total. The molecule has 1 N–H and O–H groups in total. The zero-order valence-corrected chi connectivity index (χ0v) is 16.2. The third kappa shape index (κ3) is 3.93. The van der Waals surface area contributed by atoms with Crippen LogP contribution in [0.2, 0.25) is 0 Å². The van der Waals surface area contributed by atoms with Crippen molar-refractivity contribution in [1.29, 1.82) is 0 Å². The van der Waals surface area contributed by atoms with E-state index in [9.17, 15) is 10.1 Å². The van der Waals surface area contributed by atoms with E-state index in [1.165, 1.54) is 6.33 Å². The number of hydrogen-bond acceptors (Lipinski definition) is 6. The maximum Gasteiger partial charge on any atom is 0.354 e. The molecular weight excluding hydrogens is 354 g/mol. The molecule has 0 aliphatic heterocycles. The van der Waals surface area contributed by atoms with E-state index in [1.54, 1.807) is 0 Å². The standard InChI is InChI=1S/C21H23N5O2/c1-4-16-10-6-7-12-18(16)24-20-19(26(27)28)21(23-14-22-20)25(5-2)17-11-8-9-15(3)13-17/h6-14H,4-5H2,1-3H3,(H,22,23,24). The van der Waals surface area contributed by atoms with Crippen molar-refractivity contribution in [2.24, 2.45) is 0 Å². The smallest absolute Gasteiger partial charge is 0.334 e. The highest BCUT2D eigenvalue weighted by atomic mass is 16.6. The Morgan fingerprint density at radius 1 is 1.11 bits per heavy atom. The lowest BCUT2D eigenvalue weighted by Gasteiger charge is -2.22. The number of aryl methyl sites for hydroxylation is 2. The van der Waals surface area contributed by atoms with Crippen LogP contribution in [0.4, 0.5) is 28.7 Å². The molecule has 28 heavy (non-hydrogen) atoms. The molecule has 0 aliphatic rings. The normalized spacial score (nSPS) is 10.5. The summed E-state index contributed by atoms with van der Waals surface area (Å²) in [6.07, 6.45) is 2.16. The Balaban J connectivity index is 2.10. The molecule has 0 saturated heterocycles. The SMILES string of the molecule is CCc1ccccc1Nc1ncnc(N(CC)c2cccc(C)c2)c1[N+](=O)[O-]. The second-order valence-corrected chi connectivity index (χ2v) is 6.37. The summed E-state index contributed by atoms with van der Waals surface area (Å²) in [5.41, 5.74) is 3.64. The Labute approximate surface area is 164 Å². The van der Waals surface area contributed by atoms with Gasteiger partial charge in [0.05, 0.1) is 4.92 Å². The molecule has 144 valence electrons. The summed E-state index contributed by atoms with van der Waals surface area (Å²) in [5, 5.41) is 15.1. The fourth-order valence-corrected chi connectivity index (χ4v) is 3.16. The molecule has 2 aromatic carbocycles. The number of anilines is 4. The Hall–Kier alpha value is -3.48. The van der Waals surface area contributed by atoms with E-state index in [1.807, 2.05) is 74.2 Å². The number of nitrogens with one attached hydrogen (secondary N) is 1. The van der Waals surface area contributed by atoms with Crippen molar-refractivity contribution < 1.29 is 4.92 Å². The first-order valence-corrected chi connectivity index (χ1v) is 9.23. The topological polar surface area (TPSA) is 84.2 Å². The minimum Gasteiger partial charge on any atom is -0.334 e. The Morgan fingerprint density at radius 2 is 1.89 bits per heavy atom. The van der Waals surface area contributed by atoms with Crippen LogP contribution >= 0.6 is 0 Å². The maximum absolute atomic E-state index is 12.0. The van der Waals surface area contributed by atoms with E-state index < -0.39 is 4.92 Å². The first kappa shape index (κ1) is 19.3. The van der Waals surface area contributed by atoms with Gasteiger partial charge in [-0.3, -0.25) is 10.1 Å². The molecule has 0 amide bonds. The van der Waals surface area contributed by atoms with E-state index >= 15 is 0 Å². The van der Waals surface area contributed by atoms with Gasteiger partial charge in [0.1, 0.15) is 6.33 Å². The van der Waals surface area contributed by atoms with Crippen molar-refractivity contribution in [1.82, 2.24) is 9.97 Å². The highest BCUT2D eigenvalue weighted by molar-refractivity contribution is 5.78. The van der Waals surface area contributed by atoms with Crippen LogP contribution in [0.1, 0.15) is 25.0 Å². The Morgan fingerprint density at radius 3 is 2.57 bits per heavy atom. The van der Waals surface area contributed by atoms with E-state index in [0.29, 0.717) is 6.54 Å². The second-order valence-electron chi connectivity index (χ2n) is 6.37. The lowest BCUT2D eigenvalue weighted by molar-refractivity contribution is -0.383. The van der Waals surface area contributed by atoms with E-state index in [-0.39, 0.29) is 17.3 Å². The number of nitro groups is 1. The van der Waals surface area contributed by atoms with Crippen molar-refractivity contribution in [3.63, 3.8) is 0 Å². The molecule has 3 rings (SSSR count). The molecule has 1 heterocycles. The Kier molecular flexibility index (Phi) is 5.84. The molecule has 7 heteroatoms. The minimum absolute atomic E-state index is 0.142. The van der Waals surface area contributed by atoms with Gasteiger partial charge in [-0.2, -0.15) is 0 Å². The van der Waals surface area contributed by atoms with Crippen LogP contribution in [-0.4, -0.2) is 21.4 Å². The lowest BCUT2D eigenvalue weighted by atomic mass is 10.1. The van der Waals surface area contributed by atoms with Crippen LogP contribution in [0.15, 0.2) is 54.9 Å². The van der Waals surface area contributed by atoms with Crippen LogP contribution < -0.4 is 10.2 Å². The van der Waals surface area contributed by atoms with Crippen molar-refractivity contribution in [3.8, 4) is 0 Å². The predicted molar refractivity (Wildman–Crippen MR) is 112 cm³/mol.